The number of benzene rings is 1. The van der Waals surface area contributed by atoms with Crippen LogP contribution in [0.15, 0.2) is 18.2 Å². The molecule has 5 heteroatoms. The summed E-state index contributed by atoms with van der Waals surface area (Å²) < 4.78 is 10.8. The van der Waals surface area contributed by atoms with Gasteiger partial charge >= 0.3 is 0 Å². The first kappa shape index (κ1) is 13.0. The summed E-state index contributed by atoms with van der Waals surface area (Å²) in [6, 6.07) is 7.19. The predicted molar refractivity (Wildman–Crippen MR) is 68.2 cm³/mol. The summed E-state index contributed by atoms with van der Waals surface area (Å²) in [7, 11) is -0.766. The Balaban J connectivity index is 2.56. The highest BCUT2D eigenvalue weighted by Gasteiger charge is 2.02. The molecule has 0 bridgehead atoms. The van der Waals surface area contributed by atoms with E-state index in [9.17, 15) is 4.21 Å². The summed E-state index contributed by atoms with van der Waals surface area (Å²) in [5, 5.41) is 12.6. The monoisotopic (exact) mass is 256 g/mol. The van der Waals surface area contributed by atoms with Crippen molar-refractivity contribution in [1.29, 1.82) is 5.26 Å². The summed E-state index contributed by atoms with van der Waals surface area (Å²) in [6.07, 6.45) is 2.49. The Hall–Kier alpha value is -1.05. The highest BCUT2D eigenvalue weighted by Crippen LogP contribution is 2.20. The fourth-order valence-corrected chi connectivity index (χ4v) is 1.98. The number of nitrogens with zero attached hydrogens (tertiary/aromatic N) is 1. The second kappa shape index (κ2) is 6.51. The van der Waals surface area contributed by atoms with Crippen LogP contribution < -0.4 is 5.32 Å². The van der Waals surface area contributed by atoms with Gasteiger partial charge in [0.15, 0.2) is 0 Å². The van der Waals surface area contributed by atoms with Crippen LogP contribution in [0.3, 0.4) is 0 Å². The molecule has 0 saturated carbocycles. The van der Waals surface area contributed by atoms with Crippen LogP contribution in [-0.2, 0) is 10.8 Å². The molecule has 0 aliphatic heterocycles. The lowest BCUT2D eigenvalue weighted by atomic mass is 10.2. The van der Waals surface area contributed by atoms with E-state index in [1.165, 1.54) is 0 Å². The fraction of sp³-hybridized carbons (Fsp3) is 0.364. The SMILES string of the molecule is CS(=O)CCCNc1cc(Cl)ccc1C#N. The normalized spacial score (nSPS) is 11.8. The van der Waals surface area contributed by atoms with Crippen molar-refractivity contribution in [2.24, 2.45) is 0 Å². The molecule has 0 radical (unpaired) electrons. The van der Waals surface area contributed by atoms with E-state index in [0.29, 0.717) is 22.9 Å². The Morgan fingerprint density at radius 2 is 2.31 bits per heavy atom. The van der Waals surface area contributed by atoms with Crippen LogP contribution in [0.1, 0.15) is 12.0 Å². The van der Waals surface area contributed by atoms with E-state index >= 15 is 0 Å². The Morgan fingerprint density at radius 3 is 2.94 bits per heavy atom. The zero-order valence-corrected chi connectivity index (χ0v) is 10.6. The third-order valence-corrected chi connectivity index (χ3v) is 3.12. The van der Waals surface area contributed by atoms with Crippen LogP contribution in [0, 0.1) is 11.3 Å². The third-order valence-electron chi connectivity index (χ3n) is 2.03. The van der Waals surface area contributed by atoms with Crippen LogP contribution in [0.25, 0.3) is 0 Å². The molecule has 0 amide bonds. The highest BCUT2D eigenvalue weighted by atomic mass is 35.5. The average molecular weight is 257 g/mol. The van der Waals surface area contributed by atoms with Gasteiger partial charge in [-0.05, 0) is 24.6 Å². The minimum Gasteiger partial charge on any atom is -0.384 e. The minimum atomic E-state index is -0.766. The molecular weight excluding hydrogens is 244 g/mol. The Kier molecular flexibility index (Phi) is 5.30. The zero-order valence-electron chi connectivity index (χ0n) is 9.00. The van der Waals surface area contributed by atoms with Gasteiger partial charge in [0.2, 0.25) is 0 Å². The maximum absolute atomic E-state index is 10.8. The molecule has 16 heavy (non-hydrogen) atoms. The Morgan fingerprint density at radius 1 is 1.56 bits per heavy atom. The zero-order chi connectivity index (χ0) is 12.0. The molecule has 0 fully saturated rings. The van der Waals surface area contributed by atoms with Crippen molar-refractivity contribution in [3.8, 4) is 6.07 Å². The van der Waals surface area contributed by atoms with E-state index in [-0.39, 0.29) is 0 Å². The lowest BCUT2D eigenvalue weighted by molar-refractivity contribution is 0.685. The molecule has 86 valence electrons. The number of hydrogen-bond acceptors (Lipinski definition) is 3. The molecule has 1 aromatic carbocycles. The maximum Gasteiger partial charge on any atom is 0.101 e. The van der Waals surface area contributed by atoms with Gasteiger partial charge in [0.1, 0.15) is 6.07 Å². The molecule has 1 unspecified atom stereocenters. The molecule has 0 spiro atoms. The molecule has 3 nitrogen and oxygen atoms in total. The molecule has 0 aliphatic carbocycles. The molecule has 1 aromatic rings. The van der Waals surface area contributed by atoms with Crippen LogP contribution in [-0.4, -0.2) is 22.8 Å². The minimum absolute atomic E-state index is 0.571. The lowest BCUT2D eigenvalue weighted by Crippen LogP contribution is -2.07. The lowest BCUT2D eigenvalue weighted by Gasteiger charge is -2.07. The van der Waals surface area contributed by atoms with Gasteiger partial charge in [0, 0.05) is 34.4 Å². The van der Waals surface area contributed by atoms with Gasteiger partial charge in [0.05, 0.1) is 11.3 Å². The topological polar surface area (TPSA) is 52.9 Å². The molecule has 1 atom stereocenters. The van der Waals surface area contributed by atoms with E-state index in [0.717, 1.165) is 12.1 Å². The number of nitrogens with one attached hydrogen (secondary N) is 1. The Bertz CT molecular complexity index is 428. The van der Waals surface area contributed by atoms with Gasteiger partial charge in [-0.3, -0.25) is 4.21 Å². The van der Waals surface area contributed by atoms with Crippen molar-refractivity contribution in [1.82, 2.24) is 0 Å². The molecule has 0 aliphatic rings. The number of anilines is 1. The van der Waals surface area contributed by atoms with Crippen molar-refractivity contribution in [3.05, 3.63) is 28.8 Å². The first-order valence-electron chi connectivity index (χ1n) is 4.87. The number of nitriles is 1. The quantitative estimate of drug-likeness (QED) is 0.823. The smallest absolute Gasteiger partial charge is 0.101 e. The van der Waals surface area contributed by atoms with Crippen molar-refractivity contribution in [3.63, 3.8) is 0 Å². The summed E-state index contributed by atoms with van der Waals surface area (Å²) >= 11 is 5.84. The van der Waals surface area contributed by atoms with Crippen LogP contribution >= 0.6 is 11.6 Å². The van der Waals surface area contributed by atoms with E-state index < -0.39 is 10.8 Å². The molecule has 0 saturated heterocycles. The summed E-state index contributed by atoms with van der Waals surface area (Å²) in [6.45, 7) is 0.689. The molecule has 1 rings (SSSR count). The highest BCUT2D eigenvalue weighted by molar-refractivity contribution is 7.84. The predicted octanol–water partition coefficient (Wildman–Crippen LogP) is 2.39. The fourth-order valence-electron chi connectivity index (χ4n) is 1.26. The van der Waals surface area contributed by atoms with Gasteiger partial charge in [-0.2, -0.15) is 5.26 Å². The van der Waals surface area contributed by atoms with Crippen molar-refractivity contribution in [2.45, 2.75) is 6.42 Å². The molecule has 0 aromatic heterocycles. The molecule has 0 heterocycles. The van der Waals surface area contributed by atoms with E-state index in [4.69, 9.17) is 16.9 Å². The standard InChI is InChI=1S/C11H13ClN2OS/c1-16(15)6-2-5-14-11-7-10(12)4-3-9(11)8-13/h3-4,7,14H,2,5-6H2,1H3. The van der Waals surface area contributed by atoms with Gasteiger partial charge in [-0.1, -0.05) is 11.6 Å². The number of rotatable bonds is 5. The van der Waals surface area contributed by atoms with E-state index in [2.05, 4.69) is 11.4 Å². The summed E-state index contributed by atoms with van der Waals surface area (Å²) in [5.74, 6) is 0.662. The van der Waals surface area contributed by atoms with Crippen molar-refractivity contribution < 1.29 is 4.21 Å². The second-order valence-corrected chi connectivity index (χ2v) is 5.35. The maximum atomic E-state index is 10.8. The first-order chi connectivity index (χ1) is 7.63. The molecule has 1 N–H and O–H groups in total. The first-order valence-corrected chi connectivity index (χ1v) is 6.97. The van der Waals surface area contributed by atoms with E-state index in [1.54, 1.807) is 24.5 Å². The second-order valence-electron chi connectivity index (χ2n) is 3.36. The summed E-state index contributed by atoms with van der Waals surface area (Å²) in [5.41, 5.74) is 1.30. The number of hydrogen-bond donors (Lipinski definition) is 1. The van der Waals surface area contributed by atoms with Gasteiger partial charge in [0.25, 0.3) is 0 Å². The van der Waals surface area contributed by atoms with Gasteiger partial charge in [-0.25, -0.2) is 0 Å². The average Bonchev–Trinajstić information content (AvgIpc) is 2.24. The summed E-state index contributed by atoms with van der Waals surface area (Å²) in [4.78, 5) is 0. The Labute approximate surface area is 103 Å². The molecular formula is C11H13ClN2OS. The van der Waals surface area contributed by atoms with Crippen LogP contribution in [0.5, 0.6) is 0 Å². The third kappa shape index (κ3) is 4.21. The van der Waals surface area contributed by atoms with Gasteiger partial charge in [-0.15, -0.1) is 0 Å². The largest absolute Gasteiger partial charge is 0.384 e. The van der Waals surface area contributed by atoms with Crippen molar-refractivity contribution in [2.75, 3.05) is 23.9 Å². The van der Waals surface area contributed by atoms with Crippen LogP contribution in [0.2, 0.25) is 5.02 Å². The number of halogens is 1. The van der Waals surface area contributed by atoms with Gasteiger partial charge < -0.3 is 5.32 Å². The van der Waals surface area contributed by atoms with Crippen LogP contribution in [0.4, 0.5) is 5.69 Å². The van der Waals surface area contributed by atoms with E-state index in [1.807, 2.05) is 0 Å². The van der Waals surface area contributed by atoms with Crippen molar-refractivity contribution >= 4 is 28.1 Å².